The van der Waals surface area contributed by atoms with Gasteiger partial charge in [-0.25, -0.2) is 19.7 Å². The van der Waals surface area contributed by atoms with Gasteiger partial charge in [-0.3, -0.25) is 0 Å². The highest BCUT2D eigenvalue weighted by Gasteiger charge is 2.31. The SMILES string of the molecule is C[C@@H](Nc1ncc(C#N)c(-c2c[nH]c3ncc(C(F)(F)F)cc23)n1)c1ccc(C(=O)O)cc1. The molecule has 0 aliphatic heterocycles. The average Bonchev–Trinajstić information content (AvgIpc) is 3.21. The van der Waals surface area contributed by atoms with Crippen LogP contribution in [0.15, 0.2) is 48.9 Å². The zero-order chi connectivity index (χ0) is 23.8. The van der Waals surface area contributed by atoms with Crippen molar-refractivity contribution < 1.29 is 23.1 Å². The van der Waals surface area contributed by atoms with Crippen LogP contribution >= 0.6 is 0 Å². The van der Waals surface area contributed by atoms with E-state index in [1.165, 1.54) is 24.5 Å². The summed E-state index contributed by atoms with van der Waals surface area (Å²) in [6, 6.07) is 8.83. The van der Waals surface area contributed by atoms with Gasteiger partial charge in [-0.05, 0) is 30.7 Å². The number of nitrogens with one attached hydrogen (secondary N) is 2. The Hall–Kier alpha value is -4.46. The zero-order valence-electron chi connectivity index (χ0n) is 17.0. The van der Waals surface area contributed by atoms with Crippen molar-refractivity contribution >= 4 is 23.0 Å². The minimum absolute atomic E-state index is 0.0809. The second-order valence-electron chi connectivity index (χ2n) is 7.18. The number of fused-ring (bicyclic) bond motifs is 1. The van der Waals surface area contributed by atoms with Crippen molar-refractivity contribution in [3.8, 4) is 17.3 Å². The molecule has 0 unspecified atom stereocenters. The van der Waals surface area contributed by atoms with Gasteiger partial charge in [0.15, 0.2) is 0 Å². The molecule has 0 spiro atoms. The highest BCUT2D eigenvalue weighted by atomic mass is 19.4. The number of hydrogen-bond acceptors (Lipinski definition) is 6. The third-order valence-corrected chi connectivity index (χ3v) is 5.03. The number of halogens is 3. The minimum Gasteiger partial charge on any atom is -0.478 e. The summed E-state index contributed by atoms with van der Waals surface area (Å²) in [5.41, 5.74) is 0.730. The summed E-state index contributed by atoms with van der Waals surface area (Å²) in [6.07, 6.45) is -1.11. The van der Waals surface area contributed by atoms with E-state index in [0.29, 0.717) is 0 Å². The first-order valence-corrected chi connectivity index (χ1v) is 9.59. The van der Waals surface area contributed by atoms with Gasteiger partial charge in [-0.1, -0.05) is 12.1 Å². The third-order valence-electron chi connectivity index (χ3n) is 5.03. The van der Waals surface area contributed by atoms with Gasteiger partial charge in [-0.15, -0.1) is 0 Å². The van der Waals surface area contributed by atoms with Crippen LogP contribution < -0.4 is 5.32 Å². The number of aromatic amines is 1. The molecule has 3 heterocycles. The lowest BCUT2D eigenvalue weighted by Crippen LogP contribution is -2.10. The molecule has 166 valence electrons. The molecule has 0 saturated carbocycles. The van der Waals surface area contributed by atoms with E-state index in [2.05, 4.69) is 25.3 Å². The van der Waals surface area contributed by atoms with Crippen LogP contribution in [-0.2, 0) is 6.18 Å². The van der Waals surface area contributed by atoms with Crippen molar-refractivity contribution in [2.45, 2.75) is 19.1 Å². The normalized spacial score (nSPS) is 12.3. The van der Waals surface area contributed by atoms with Crippen molar-refractivity contribution in [1.82, 2.24) is 19.9 Å². The summed E-state index contributed by atoms with van der Waals surface area (Å²) >= 11 is 0. The molecule has 0 amide bonds. The van der Waals surface area contributed by atoms with Crippen LogP contribution in [0.4, 0.5) is 19.1 Å². The molecule has 33 heavy (non-hydrogen) atoms. The van der Waals surface area contributed by atoms with Gasteiger partial charge < -0.3 is 15.4 Å². The van der Waals surface area contributed by atoms with Gasteiger partial charge in [0, 0.05) is 23.3 Å². The van der Waals surface area contributed by atoms with Gasteiger partial charge in [0.2, 0.25) is 5.95 Å². The number of alkyl halides is 3. The minimum atomic E-state index is -4.57. The molecular formula is C22H15F3N6O2. The Kier molecular flexibility index (Phi) is 5.43. The summed E-state index contributed by atoms with van der Waals surface area (Å²) in [5, 5.41) is 21.7. The van der Waals surface area contributed by atoms with Crippen molar-refractivity contribution in [2.24, 2.45) is 0 Å². The van der Waals surface area contributed by atoms with E-state index in [1.54, 1.807) is 12.1 Å². The number of carboxylic acid groups (broad SMARTS) is 1. The third kappa shape index (κ3) is 4.31. The Morgan fingerprint density at radius 3 is 2.58 bits per heavy atom. The number of aromatic nitrogens is 4. The van der Waals surface area contributed by atoms with Crippen LogP contribution in [-0.4, -0.2) is 31.0 Å². The topological polar surface area (TPSA) is 128 Å². The molecule has 0 bridgehead atoms. The highest BCUT2D eigenvalue weighted by Crippen LogP contribution is 2.35. The zero-order valence-corrected chi connectivity index (χ0v) is 17.0. The molecule has 8 nitrogen and oxygen atoms in total. The number of pyridine rings is 1. The van der Waals surface area contributed by atoms with E-state index in [-0.39, 0.29) is 45.4 Å². The fourth-order valence-corrected chi connectivity index (χ4v) is 3.28. The molecule has 0 radical (unpaired) electrons. The molecular weight excluding hydrogens is 437 g/mol. The van der Waals surface area contributed by atoms with E-state index >= 15 is 0 Å². The average molecular weight is 452 g/mol. The van der Waals surface area contributed by atoms with Gasteiger partial charge in [0.1, 0.15) is 11.7 Å². The van der Waals surface area contributed by atoms with Crippen molar-refractivity contribution in [3.63, 3.8) is 0 Å². The van der Waals surface area contributed by atoms with E-state index in [9.17, 15) is 23.2 Å². The summed E-state index contributed by atoms with van der Waals surface area (Å²) in [5.74, 6) is -0.891. The van der Waals surface area contributed by atoms with E-state index in [1.807, 2.05) is 13.0 Å². The standard InChI is InChI=1S/C22H15F3N6O2/c1-11(12-2-4-13(5-3-12)20(32)33)30-21-29-8-14(7-26)18(31-21)17-10-28-19-16(17)6-15(9-27-19)22(23,24)25/h2-6,8-11H,1H3,(H,27,28)(H,32,33)(H,29,30,31)/t11-/m1/s1. The Balaban J connectivity index is 1.71. The molecule has 0 aliphatic rings. The van der Waals surface area contributed by atoms with Crippen LogP contribution in [0.25, 0.3) is 22.3 Å². The van der Waals surface area contributed by atoms with E-state index in [0.717, 1.165) is 17.8 Å². The maximum Gasteiger partial charge on any atom is 0.417 e. The number of benzene rings is 1. The summed E-state index contributed by atoms with van der Waals surface area (Å²) < 4.78 is 39.5. The van der Waals surface area contributed by atoms with Crippen LogP contribution in [0.2, 0.25) is 0 Å². The fourth-order valence-electron chi connectivity index (χ4n) is 3.28. The molecule has 0 saturated heterocycles. The maximum absolute atomic E-state index is 13.2. The van der Waals surface area contributed by atoms with Crippen LogP contribution in [0.1, 0.15) is 40.0 Å². The van der Waals surface area contributed by atoms with Gasteiger partial charge >= 0.3 is 12.1 Å². The number of nitriles is 1. The largest absolute Gasteiger partial charge is 0.478 e. The lowest BCUT2D eigenvalue weighted by molar-refractivity contribution is -0.137. The first kappa shape index (κ1) is 21.8. The van der Waals surface area contributed by atoms with E-state index < -0.39 is 17.7 Å². The molecule has 3 aromatic heterocycles. The molecule has 0 fully saturated rings. The second kappa shape index (κ2) is 8.23. The van der Waals surface area contributed by atoms with E-state index in [4.69, 9.17) is 5.11 Å². The van der Waals surface area contributed by atoms with Crippen molar-refractivity contribution in [2.75, 3.05) is 5.32 Å². The monoisotopic (exact) mass is 452 g/mol. The molecule has 1 atom stereocenters. The number of carbonyl (C=O) groups is 1. The number of aromatic carboxylic acids is 1. The molecule has 1 aromatic carbocycles. The van der Waals surface area contributed by atoms with Gasteiger partial charge in [-0.2, -0.15) is 18.4 Å². The number of nitrogens with zero attached hydrogens (tertiary/aromatic N) is 4. The smallest absolute Gasteiger partial charge is 0.417 e. The molecule has 0 aliphatic carbocycles. The number of hydrogen-bond donors (Lipinski definition) is 3. The van der Waals surface area contributed by atoms with Crippen LogP contribution in [0.5, 0.6) is 0 Å². The van der Waals surface area contributed by atoms with Crippen molar-refractivity contribution in [3.05, 3.63) is 71.2 Å². The lowest BCUT2D eigenvalue weighted by atomic mass is 10.1. The predicted octanol–water partition coefficient (Wildman–Crippen LogP) is 4.78. The van der Waals surface area contributed by atoms with Gasteiger partial charge in [0.25, 0.3) is 0 Å². The maximum atomic E-state index is 13.2. The Morgan fingerprint density at radius 1 is 1.21 bits per heavy atom. The number of H-pyrrole nitrogens is 1. The Bertz CT molecular complexity index is 1390. The number of carboxylic acids is 1. The second-order valence-corrected chi connectivity index (χ2v) is 7.18. The molecule has 4 rings (SSSR count). The predicted molar refractivity (Wildman–Crippen MR) is 112 cm³/mol. The number of rotatable bonds is 5. The molecule has 11 heteroatoms. The number of anilines is 1. The quantitative estimate of drug-likeness (QED) is 0.397. The Labute approximate surface area is 184 Å². The summed E-state index contributed by atoms with van der Waals surface area (Å²) in [6.45, 7) is 1.81. The lowest BCUT2D eigenvalue weighted by Gasteiger charge is -2.15. The first-order valence-electron chi connectivity index (χ1n) is 9.59. The van der Waals surface area contributed by atoms with Crippen LogP contribution in [0, 0.1) is 11.3 Å². The van der Waals surface area contributed by atoms with Crippen LogP contribution in [0.3, 0.4) is 0 Å². The fraction of sp³-hybridized carbons (Fsp3) is 0.136. The first-order chi connectivity index (χ1) is 15.7. The van der Waals surface area contributed by atoms with Crippen molar-refractivity contribution in [1.29, 1.82) is 5.26 Å². The molecule has 4 aromatic rings. The molecule has 3 N–H and O–H groups in total. The highest BCUT2D eigenvalue weighted by molar-refractivity contribution is 5.94. The Morgan fingerprint density at radius 2 is 1.94 bits per heavy atom. The summed E-state index contributed by atoms with van der Waals surface area (Å²) in [4.78, 5) is 26.1. The van der Waals surface area contributed by atoms with Gasteiger partial charge in [0.05, 0.1) is 34.6 Å². The summed E-state index contributed by atoms with van der Waals surface area (Å²) in [7, 11) is 0.